The molecule has 0 saturated heterocycles. The predicted octanol–water partition coefficient (Wildman–Crippen LogP) is 3.30. The summed E-state index contributed by atoms with van der Waals surface area (Å²) in [6, 6.07) is 0. The lowest BCUT2D eigenvalue weighted by atomic mass is 10.1. The van der Waals surface area contributed by atoms with Crippen LogP contribution in [-0.4, -0.2) is 27.6 Å². The average molecular weight is 293 g/mol. The van der Waals surface area contributed by atoms with Crippen LogP contribution in [0, 0.1) is 0 Å². The zero-order valence-corrected chi connectivity index (χ0v) is 13.3. The summed E-state index contributed by atoms with van der Waals surface area (Å²) >= 11 is 0. The fourth-order valence-corrected chi connectivity index (χ4v) is 1.99. The molecule has 0 aliphatic heterocycles. The molecule has 5 heteroatoms. The van der Waals surface area contributed by atoms with Gasteiger partial charge >= 0.3 is 5.97 Å². The van der Waals surface area contributed by atoms with Crippen molar-refractivity contribution in [2.75, 3.05) is 6.61 Å². The largest absolute Gasteiger partial charge is 0.462 e. The number of hydrogen-bond donors (Lipinski definition) is 0. The maximum atomic E-state index is 11.2. The van der Waals surface area contributed by atoms with Crippen molar-refractivity contribution in [1.29, 1.82) is 0 Å². The molecule has 0 fully saturated rings. The maximum absolute atomic E-state index is 11.2. The van der Waals surface area contributed by atoms with E-state index in [0.717, 1.165) is 18.7 Å². The summed E-state index contributed by atoms with van der Waals surface area (Å²) in [6.07, 6.45) is 10.1. The standard InChI is InChI=1S/C16H27N3O2/c1-4-5-6-7-8-9-11-19-13-15(17-18-19)10-12-21-16(20)14(2)3/h13H,2,4-12H2,1,3H3. The second-order valence-electron chi connectivity index (χ2n) is 5.41. The summed E-state index contributed by atoms with van der Waals surface area (Å²) in [5.41, 5.74) is 1.28. The van der Waals surface area contributed by atoms with E-state index in [-0.39, 0.29) is 5.97 Å². The van der Waals surface area contributed by atoms with Crippen molar-refractivity contribution in [3.05, 3.63) is 24.0 Å². The van der Waals surface area contributed by atoms with Gasteiger partial charge in [0.05, 0.1) is 12.3 Å². The molecule has 0 aliphatic carbocycles. The second kappa shape index (κ2) is 10.1. The first kappa shape index (κ1) is 17.4. The molecule has 118 valence electrons. The van der Waals surface area contributed by atoms with Gasteiger partial charge in [0.15, 0.2) is 0 Å². The maximum Gasteiger partial charge on any atom is 0.333 e. The molecule has 0 aliphatic rings. The van der Waals surface area contributed by atoms with Crippen LogP contribution in [0.3, 0.4) is 0 Å². The van der Waals surface area contributed by atoms with Gasteiger partial charge in [-0.1, -0.05) is 50.8 Å². The van der Waals surface area contributed by atoms with Crippen LogP contribution in [0.15, 0.2) is 18.3 Å². The molecule has 0 N–H and O–H groups in total. The van der Waals surface area contributed by atoms with Gasteiger partial charge in [-0.2, -0.15) is 0 Å². The number of ether oxygens (including phenoxy) is 1. The van der Waals surface area contributed by atoms with Gasteiger partial charge in [-0.05, 0) is 13.3 Å². The lowest BCUT2D eigenvalue weighted by Gasteiger charge is -2.02. The minimum absolute atomic E-state index is 0.321. The van der Waals surface area contributed by atoms with E-state index >= 15 is 0 Å². The smallest absolute Gasteiger partial charge is 0.333 e. The molecule has 0 amide bonds. The Balaban J connectivity index is 2.15. The Labute approximate surface area is 127 Å². The van der Waals surface area contributed by atoms with Gasteiger partial charge in [0.1, 0.15) is 0 Å². The summed E-state index contributed by atoms with van der Waals surface area (Å²) in [5, 5.41) is 8.18. The highest BCUT2D eigenvalue weighted by Gasteiger charge is 2.05. The molecule has 0 atom stereocenters. The van der Waals surface area contributed by atoms with Gasteiger partial charge in [-0.3, -0.25) is 4.68 Å². The third-order valence-electron chi connectivity index (χ3n) is 3.27. The van der Waals surface area contributed by atoms with Crippen LogP contribution in [0.4, 0.5) is 0 Å². The Kier molecular flexibility index (Phi) is 8.40. The number of rotatable bonds is 11. The first-order valence-corrected chi connectivity index (χ1v) is 7.85. The van der Waals surface area contributed by atoms with Crippen LogP contribution < -0.4 is 0 Å². The molecule has 0 aromatic carbocycles. The minimum Gasteiger partial charge on any atom is -0.462 e. The van der Waals surface area contributed by atoms with E-state index in [4.69, 9.17) is 4.74 Å². The average Bonchev–Trinajstić information content (AvgIpc) is 2.90. The van der Waals surface area contributed by atoms with Crippen LogP contribution in [-0.2, 0) is 22.5 Å². The van der Waals surface area contributed by atoms with Gasteiger partial charge < -0.3 is 4.74 Å². The lowest BCUT2D eigenvalue weighted by molar-refractivity contribution is -0.138. The fourth-order valence-electron chi connectivity index (χ4n) is 1.99. The molecule has 0 saturated carbocycles. The monoisotopic (exact) mass is 293 g/mol. The van der Waals surface area contributed by atoms with Crippen molar-refractivity contribution in [3.8, 4) is 0 Å². The molecule has 0 unspecified atom stereocenters. The first-order valence-electron chi connectivity index (χ1n) is 7.85. The van der Waals surface area contributed by atoms with E-state index in [2.05, 4.69) is 23.8 Å². The zero-order valence-electron chi connectivity index (χ0n) is 13.3. The van der Waals surface area contributed by atoms with Crippen molar-refractivity contribution in [1.82, 2.24) is 15.0 Å². The van der Waals surface area contributed by atoms with Crippen LogP contribution >= 0.6 is 0 Å². The van der Waals surface area contributed by atoms with Crippen LogP contribution in [0.5, 0.6) is 0 Å². The van der Waals surface area contributed by atoms with E-state index < -0.39 is 0 Å². The molecule has 21 heavy (non-hydrogen) atoms. The quantitative estimate of drug-likeness (QED) is 0.357. The number of aromatic nitrogens is 3. The van der Waals surface area contributed by atoms with E-state index in [0.29, 0.717) is 18.6 Å². The van der Waals surface area contributed by atoms with Crippen molar-refractivity contribution >= 4 is 5.97 Å². The Morgan fingerprint density at radius 1 is 1.29 bits per heavy atom. The minimum atomic E-state index is -0.352. The van der Waals surface area contributed by atoms with Gasteiger partial charge in [0, 0.05) is 24.7 Å². The van der Waals surface area contributed by atoms with E-state index in [1.165, 1.54) is 32.1 Å². The van der Waals surface area contributed by atoms with Crippen molar-refractivity contribution in [3.63, 3.8) is 0 Å². The number of hydrogen-bond acceptors (Lipinski definition) is 4. The Morgan fingerprint density at radius 2 is 2.00 bits per heavy atom. The van der Waals surface area contributed by atoms with Gasteiger partial charge in [-0.15, -0.1) is 5.10 Å². The van der Waals surface area contributed by atoms with Gasteiger partial charge in [0.25, 0.3) is 0 Å². The fraction of sp³-hybridized carbons (Fsp3) is 0.688. The molecule has 5 nitrogen and oxygen atoms in total. The topological polar surface area (TPSA) is 57.0 Å². The van der Waals surface area contributed by atoms with Gasteiger partial charge in [-0.25, -0.2) is 4.79 Å². The van der Waals surface area contributed by atoms with E-state index in [1.807, 2.05) is 10.9 Å². The second-order valence-corrected chi connectivity index (χ2v) is 5.41. The Hall–Kier alpha value is -1.65. The predicted molar refractivity (Wildman–Crippen MR) is 82.9 cm³/mol. The van der Waals surface area contributed by atoms with Gasteiger partial charge in [0.2, 0.25) is 0 Å². The third-order valence-corrected chi connectivity index (χ3v) is 3.27. The molecule has 1 aromatic heterocycles. The zero-order chi connectivity index (χ0) is 15.5. The summed E-state index contributed by atoms with van der Waals surface area (Å²) in [5.74, 6) is -0.352. The number of esters is 1. The summed E-state index contributed by atoms with van der Waals surface area (Å²) in [7, 11) is 0. The highest BCUT2D eigenvalue weighted by Crippen LogP contribution is 2.06. The highest BCUT2D eigenvalue weighted by molar-refractivity contribution is 5.86. The molecule has 0 spiro atoms. The Morgan fingerprint density at radius 3 is 2.71 bits per heavy atom. The number of carbonyl (C=O) groups is 1. The molecule has 1 heterocycles. The highest BCUT2D eigenvalue weighted by atomic mass is 16.5. The number of carbonyl (C=O) groups excluding carboxylic acids is 1. The first-order chi connectivity index (χ1) is 10.1. The third kappa shape index (κ3) is 7.63. The molecular weight excluding hydrogens is 266 g/mol. The van der Waals surface area contributed by atoms with Crippen LogP contribution in [0.2, 0.25) is 0 Å². The van der Waals surface area contributed by atoms with Crippen molar-refractivity contribution < 1.29 is 9.53 Å². The number of nitrogens with zero attached hydrogens (tertiary/aromatic N) is 3. The molecule has 0 bridgehead atoms. The van der Waals surface area contributed by atoms with Crippen LogP contribution in [0.25, 0.3) is 0 Å². The lowest BCUT2D eigenvalue weighted by Crippen LogP contribution is -2.08. The number of unbranched alkanes of at least 4 members (excludes halogenated alkanes) is 5. The normalized spacial score (nSPS) is 10.6. The molecule has 1 aromatic rings. The number of aryl methyl sites for hydroxylation is 1. The summed E-state index contributed by atoms with van der Waals surface area (Å²) in [6.45, 7) is 8.63. The summed E-state index contributed by atoms with van der Waals surface area (Å²) in [4.78, 5) is 11.2. The Bertz CT molecular complexity index is 440. The van der Waals surface area contributed by atoms with E-state index in [1.54, 1.807) is 6.92 Å². The van der Waals surface area contributed by atoms with Crippen molar-refractivity contribution in [2.24, 2.45) is 0 Å². The van der Waals surface area contributed by atoms with Crippen LogP contribution in [0.1, 0.15) is 58.1 Å². The molecule has 1 rings (SSSR count). The van der Waals surface area contributed by atoms with E-state index in [9.17, 15) is 4.79 Å². The molecular formula is C16H27N3O2. The van der Waals surface area contributed by atoms with Crippen molar-refractivity contribution in [2.45, 2.75) is 65.3 Å². The molecule has 0 radical (unpaired) electrons. The SMILES string of the molecule is C=C(C)C(=O)OCCc1cn(CCCCCCCC)nn1. The summed E-state index contributed by atoms with van der Waals surface area (Å²) < 4.78 is 6.91.